The average Bonchev–Trinajstić information content (AvgIpc) is 3.20. The van der Waals surface area contributed by atoms with Crippen molar-refractivity contribution in [3.8, 4) is 0 Å². The van der Waals surface area contributed by atoms with E-state index in [1.165, 1.54) is 0 Å². The number of hydrogen-bond acceptors (Lipinski definition) is 4. The van der Waals surface area contributed by atoms with E-state index in [9.17, 15) is 0 Å². The summed E-state index contributed by atoms with van der Waals surface area (Å²) in [5, 5.41) is 7.75. The molecule has 4 aromatic rings. The van der Waals surface area contributed by atoms with Crippen LogP contribution in [-0.4, -0.2) is 4.98 Å². The topological polar surface area (TPSA) is 50.9 Å². The van der Waals surface area contributed by atoms with Crippen LogP contribution in [0.3, 0.4) is 0 Å². The molecular formula is C22H17Cl2N3S. The van der Waals surface area contributed by atoms with Crippen LogP contribution >= 0.6 is 34.5 Å². The molecule has 0 saturated carbocycles. The zero-order valence-electron chi connectivity index (χ0n) is 14.8. The largest absolute Gasteiger partial charge is 0.397 e. The molecule has 0 aliphatic rings. The van der Waals surface area contributed by atoms with Gasteiger partial charge in [-0.05, 0) is 53.6 Å². The Kier molecular flexibility index (Phi) is 5.53. The van der Waals surface area contributed by atoms with Crippen LogP contribution in [0.1, 0.15) is 22.1 Å². The second-order valence-corrected chi connectivity index (χ2v) is 8.14. The van der Waals surface area contributed by atoms with Crippen LogP contribution in [-0.2, 0) is 0 Å². The molecule has 3 nitrogen and oxygen atoms in total. The van der Waals surface area contributed by atoms with Crippen LogP contribution < -0.4 is 11.1 Å². The predicted molar refractivity (Wildman–Crippen MR) is 120 cm³/mol. The lowest BCUT2D eigenvalue weighted by Gasteiger charge is -2.18. The fourth-order valence-corrected chi connectivity index (χ4v) is 4.20. The minimum Gasteiger partial charge on any atom is -0.397 e. The van der Waals surface area contributed by atoms with E-state index in [0.29, 0.717) is 15.7 Å². The molecule has 0 amide bonds. The summed E-state index contributed by atoms with van der Waals surface area (Å²) in [6.45, 7) is 0. The molecule has 6 heteroatoms. The van der Waals surface area contributed by atoms with E-state index in [4.69, 9.17) is 28.9 Å². The SMILES string of the molecule is Nc1ccc(C(c2ccc(Cl)cc2)c2nccs2)cc1Nc1cccc(Cl)c1. The van der Waals surface area contributed by atoms with Crippen molar-refractivity contribution in [1.82, 2.24) is 4.98 Å². The highest BCUT2D eigenvalue weighted by atomic mass is 35.5. The molecule has 1 unspecified atom stereocenters. The van der Waals surface area contributed by atoms with Crippen LogP contribution in [0.25, 0.3) is 0 Å². The number of nitrogens with zero attached hydrogens (tertiary/aromatic N) is 1. The number of rotatable bonds is 5. The first kappa shape index (κ1) is 18.8. The average molecular weight is 426 g/mol. The zero-order valence-corrected chi connectivity index (χ0v) is 17.1. The summed E-state index contributed by atoms with van der Waals surface area (Å²) < 4.78 is 0. The number of nitrogens with two attached hydrogens (primary N) is 1. The first-order valence-electron chi connectivity index (χ1n) is 8.67. The van der Waals surface area contributed by atoms with Gasteiger partial charge in [0, 0.05) is 27.3 Å². The molecule has 28 heavy (non-hydrogen) atoms. The molecule has 0 bridgehead atoms. The lowest BCUT2D eigenvalue weighted by atomic mass is 9.91. The van der Waals surface area contributed by atoms with Crippen molar-refractivity contribution in [1.29, 1.82) is 0 Å². The van der Waals surface area contributed by atoms with Crippen molar-refractivity contribution in [2.75, 3.05) is 11.1 Å². The van der Waals surface area contributed by atoms with Crippen LogP contribution in [0, 0.1) is 0 Å². The molecule has 3 N–H and O–H groups in total. The van der Waals surface area contributed by atoms with Crippen molar-refractivity contribution in [2.24, 2.45) is 0 Å². The highest BCUT2D eigenvalue weighted by Crippen LogP contribution is 2.37. The Hall–Kier alpha value is -2.53. The van der Waals surface area contributed by atoms with Gasteiger partial charge in [-0.25, -0.2) is 4.98 Å². The van der Waals surface area contributed by atoms with Crippen LogP contribution in [0.2, 0.25) is 10.0 Å². The normalized spacial score (nSPS) is 11.9. The highest BCUT2D eigenvalue weighted by Gasteiger charge is 2.20. The molecule has 1 aromatic heterocycles. The Bertz CT molecular complexity index is 1080. The van der Waals surface area contributed by atoms with Crippen molar-refractivity contribution < 1.29 is 0 Å². The van der Waals surface area contributed by atoms with Crippen molar-refractivity contribution >= 4 is 51.6 Å². The Balaban J connectivity index is 1.76. The summed E-state index contributed by atoms with van der Waals surface area (Å²) in [4.78, 5) is 4.56. The Morgan fingerprint density at radius 3 is 2.39 bits per heavy atom. The number of thiazole rings is 1. The smallest absolute Gasteiger partial charge is 0.104 e. The number of nitrogens with one attached hydrogen (secondary N) is 1. The summed E-state index contributed by atoms with van der Waals surface area (Å²) in [5.74, 6) is -0.00206. The molecule has 4 rings (SSSR count). The van der Waals surface area contributed by atoms with E-state index in [2.05, 4.69) is 16.4 Å². The van der Waals surface area contributed by atoms with Crippen LogP contribution in [0.15, 0.2) is 78.3 Å². The van der Waals surface area contributed by atoms with E-state index in [-0.39, 0.29) is 5.92 Å². The number of hydrogen-bond donors (Lipinski definition) is 2. The van der Waals surface area contributed by atoms with Crippen LogP contribution in [0.4, 0.5) is 17.1 Å². The third-order valence-electron chi connectivity index (χ3n) is 4.42. The monoisotopic (exact) mass is 425 g/mol. The molecule has 0 saturated heterocycles. The molecule has 3 aromatic carbocycles. The summed E-state index contributed by atoms with van der Waals surface area (Å²) >= 11 is 13.8. The Labute approximate surface area is 177 Å². The summed E-state index contributed by atoms with van der Waals surface area (Å²) in [6, 6.07) is 21.5. The quantitative estimate of drug-likeness (QED) is 0.339. The summed E-state index contributed by atoms with van der Waals surface area (Å²) in [5.41, 5.74) is 10.8. The lowest BCUT2D eigenvalue weighted by Crippen LogP contribution is -2.05. The van der Waals surface area contributed by atoms with E-state index in [1.54, 1.807) is 11.3 Å². The summed E-state index contributed by atoms with van der Waals surface area (Å²) in [7, 11) is 0. The number of aromatic nitrogens is 1. The van der Waals surface area contributed by atoms with E-state index in [0.717, 1.165) is 27.5 Å². The second-order valence-electron chi connectivity index (χ2n) is 6.34. The third-order valence-corrected chi connectivity index (χ3v) is 5.74. The van der Waals surface area contributed by atoms with Gasteiger partial charge in [0.05, 0.1) is 17.3 Å². The van der Waals surface area contributed by atoms with Gasteiger partial charge in [0.25, 0.3) is 0 Å². The van der Waals surface area contributed by atoms with Gasteiger partial charge in [-0.3, -0.25) is 0 Å². The molecule has 0 fully saturated rings. The van der Waals surface area contributed by atoms with E-state index >= 15 is 0 Å². The fraction of sp³-hybridized carbons (Fsp3) is 0.0455. The molecule has 1 atom stereocenters. The highest BCUT2D eigenvalue weighted by molar-refractivity contribution is 7.09. The summed E-state index contributed by atoms with van der Waals surface area (Å²) in [6.07, 6.45) is 1.82. The number of halogens is 2. The van der Waals surface area contributed by atoms with Gasteiger partial charge in [-0.2, -0.15) is 0 Å². The van der Waals surface area contributed by atoms with Gasteiger partial charge < -0.3 is 11.1 Å². The molecule has 1 heterocycles. The van der Waals surface area contributed by atoms with Gasteiger partial charge in [-0.1, -0.05) is 47.5 Å². The predicted octanol–water partition coefficient (Wildman–Crippen LogP) is 6.96. The van der Waals surface area contributed by atoms with Gasteiger partial charge >= 0.3 is 0 Å². The van der Waals surface area contributed by atoms with Gasteiger partial charge in [-0.15, -0.1) is 11.3 Å². The second kappa shape index (κ2) is 8.23. The first-order valence-corrected chi connectivity index (χ1v) is 10.3. The molecule has 0 radical (unpaired) electrons. The molecule has 0 spiro atoms. The first-order chi connectivity index (χ1) is 13.6. The van der Waals surface area contributed by atoms with Gasteiger partial charge in [0.2, 0.25) is 0 Å². The number of benzene rings is 3. The maximum atomic E-state index is 6.23. The lowest BCUT2D eigenvalue weighted by molar-refractivity contribution is 0.957. The molecule has 0 aliphatic carbocycles. The molecular weight excluding hydrogens is 409 g/mol. The zero-order chi connectivity index (χ0) is 19.5. The van der Waals surface area contributed by atoms with Gasteiger partial charge in [0.15, 0.2) is 0 Å². The van der Waals surface area contributed by atoms with Crippen molar-refractivity contribution in [3.05, 3.63) is 104 Å². The molecule has 140 valence electrons. The minimum atomic E-state index is -0.00206. The van der Waals surface area contributed by atoms with Crippen molar-refractivity contribution in [3.63, 3.8) is 0 Å². The Morgan fingerprint density at radius 1 is 0.893 bits per heavy atom. The minimum absolute atomic E-state index is 0.00206. The standard InChI is InChI=1S/C22H17Cl2N3S/c23-16-7-4-14(5-8-16)21(22-26-10-11-28-22)15-6-9-19(25)20(12-15)27-18-3-1-2-17(24)13-18/h1-13,21,27H,25H2. The maximum Gasteiger partial charge on any atom is 0.104 e. The number of anilines is 3. The Morgan fingerprint density at radius 2 is 1.68 bits per heavy atom. The maximum absolute atomic E-state index is 6.23. The van der Waals surface area contributed by atoms with Crippen LogP contribution in [0.5, 0.6) is 0 Å². The number of nitrogen functional groups attached to an aromatic ring is 1. The third kappa shape index (κ3) is 4.14. The van der Waals surface area contributed by atoms with Crippen molar-refractivity contribution in [2.45, 2.75) is 5.92 Å². The fourth-order valence-electron chi connectivity index (χ4n) is 3.09. The van der Waals surface area contributed by atoms with Gasteiger partial charge in [0.1, 0.15) is 5.01 Å². The van der Waals surface area contributed by atoms with E-state index in [1.807, 2.05) is 72.2 Å². The molecule has 0 aliphatic heterocycles. The van der Waals surface area contributed by atoms with E-state index < -0.39 is 0 Å².